The first-order valence-corrected chi connectivity index (χ1v) is 6.64. The zero-order valence-electron chi connectivity index (χ0n) is 11.6. The number of amides is 1. The van der Waals surface area contributed by atoms with Crippen molar-refractivity contribution in [1.29, 1.82) is 0 Å². The SMILES string of the molecule is O=C(NO)c1cccc2[nH]c(-c3ccc(C(F)(F)F)cc3)cc12. The molecule has 1 heterocycles. The van der Waals surface area contributed by atoms with Crippen molar-refractivity contribution in [3.63, 3.8) is 0 Å². The summed E-state index contributed by atoms with van der Waals surface area (Å²) in [4.78, 5) is 14.7. The number of fused-ring (bicyclic) bond motifs is 1. The number of aromatic nitrogens is 1. The number of halogens is 3. The number of carbonyl (C=O) groups excluding carboxylic acids is 1. The van der Waals surface area contributed by atoms with Crippen molar-refractivity contribution in [1.82, 2.24) is 10.5 Å². The molecule has 0 aliphatic rings. The molecule has 0 aliphatic heterocycles. The van der Waals surface area contributed by atoms with Crippen LogP contribution < -0.4 is 5.48 Å². The molecule has 118 valence electrons. The molecule has 2 aromatic carbocycles. The van der Waals surface area contributed by atoms with Crippen LogP contribution in [0.15, 0.2) is 48.5 Å². The summed E-state index contributed by atoms with van der Waals surface area (Å²) in [7, 11) is 0. The van der Waals surface area contributed by atoms with E-state index in [0.717, 1.165) is 12.1 Å². The number of alkyl halides is 3. The molecule has 1 aromatic heterocycles. The van der Waals surface area contributed by atoms with Gasteiger partial charge in [0.1, 0.15) is 0 Å². The van der Waals surface area contributed by atoms with Crippen molar-refractivity contribution in [3.05, 3.63) is 59.7 Å². The van der Waals surface area contributed by atoms with Crippen LogP contribution in [-0.4, -0.2) is 16.1 Å². The minimum atomic E-state index is -4.38. The normalized spacial score (nSPS) is 11.7. The zero-order valence-corrected chi connectivity index (χ0v) is 11.6. The van der Waals surface area contributed by atoms with E-state index in [1.807, 2.05) is 0 Å². The summed E-state index contributed by atoms with van der Waals surface area (Å²) >= 11 is 0. The Kier molecular flexibility index (Phi) is 3.57. The number of hydrogen-bond donors (Lipinski definition) is 3. The quantitative estimate of drug-likeness (QED) is 0.494. The maximum absolute atomic E-state index is 12.6. The fraction of sp³-hybridized carbons (Fsp3) is 0.0625. The van der Waals surface area contributed by atoms with E-state index < -0.39 is 17.6 Å². The maximum atomic E-state index is 12.6. The molecule has 3 N–H and O–H groups in total. The minimum absolute atomic E-state index is 0.263. The summed E-state index contributed by atoms with van der Waals surface area (Å²) in [6.07, 6.45) is -4.38. The predicted octanol–water partition coefficient (Wildman–Crippen LogP) is 3.97. The molecule has 3 aromatic rings. The van der Waals surface area contributed by atoms with Crippen LogP contribution in [-0.2, 0) is 6.18 Å². The molecule has 0 unspecified atom stereocenters. The van der Waals surface area contributed by atoms with Crippen LogP contribution in [0.5, 0.6) is 0 Å². The summed E-state index contributed by atoms with van der Waals surface area (Å²) in [6.45, 7) is 0. The van der Waals surface area contributed by atoms with Gasteiger partial charge in [0.25, 0.3) is 5.91 Å². The van der Waals surface area contributed by atoms with E-state index in [2.05, 4.69) is 4.98 Å². The Morgan fingerprint density at radius 2 is 1.78 bits per heavy atom. The van der Waals surface area contributed by atoms with Crippen molar-refractivity contribution >= 4 is 16.8 Å². The van der Waals surface area contributed by atoms with Crippen molar-refractivity contribution in [2.24, 2.45) is 0 Å². The number of hydroxylamine groups is 1. The van der Waals surface area contributed by atoms with E-state index in [1.54, 1.807) is 23.7 Å². The van der Waals surface area contributed by atoms with E-state index in [4.69, 9.17) is 5.21 Å². The van der Waals surface area contributed by atoms with Crippen LogP contribution >= 0.6 is 0 Å². The topological polar surface area (TPSA) is 65.1 Å². The van der Waals surface area contributed by atoms with Gasteiger partial charge in [-0.05, 0) is 35.9 Å². The minimum Gasteiger partial charge on any atom is -0.355 e. The molecular formula is C16H11F3N2O2. The van der Waals surface area contributed by atoms with Gasteiger partial charge in [-0.15, -0.1) is 0 Å². The van der Waals surface area contributed by atoms with Crippen LogP contribution in [0.25, 0.3) is 22.2 Å². The van der Waals surface area contributed by atoms with E-state index in [0.29, 0.717) is 22.2 Å². The van der Waals surface area contributed by atoms with E-state index in [1.165, 1.54) is 18.2 Å². The molecule has 3 rings (SSSR count). The van der Waals surface area contributed by atoms with Gasteiger partial charge in [-0.3, -0.25) is 10.0 Å². The number of benzene rings is 2. The van der Waals surface area contributed by atoms with E-state index in [-0.39, 0.29) is 5.56 Å². The molecule has 0 saturated carbocycles. The molecular weight excluding hydrogens is 309 g/mol. The Morgan fingerprint density at radius 1 is 1.09 bits per heavy atom. The molecule has 4 nitrogen and oxygen atoms in total. The molecule has 1 amide bonds. The number of aromatic amines is 1. The molecule has 23 heavy (non-hydrogen) atoms. The van der Waals surface area contributed by atoms with Gasteiger partial charge in [0.15, 0.2) is 0 Å². The fourth-order valence-corrected chi connectivity index (χ4v) is 2.41. The fourth-order valence-electron chi connectivity index (χ4n) is 2.41. The lowest BCUT2D eigenvalue weighted by atomic mass is 10.1. The second-order valence-electron chi connectivity index (χ2n) is 4.97. The molecule has 0 bridgehead atoms. The Labute approximate surface area is 128 Å². The second kappa shape index (κ2) is 5.44. The predicted molar refractivity (Wildman–Crippen MR) is 78.0 cm³/mol. The lowest BCUT2D eigenvalue weighted by Crippen LogP contribution is -2.18. The second-order valence-corrected chi connectivity index (χ2v) is 4.97. The first kappa shape index (κ1) is 15.1. The number of nitrogens with one attached hydrogen (secondary N) is 2. The van der Waals surface area contributed by atoms with Crippen molar-refractivity contribution in [2.45, 2.75) is 6.18 Å². The van der Waals surface area contributed by atoms with Gasteiger partial charge in [-0.25, -0.2) is 5.48 Å². The lowest BCUT2D eigenvalue weighted by molar-refractivity contribution is -0.137. The van der Waals surface area contributed by atoms with E-state index >= 15 is 0 Å². The van der Waals surface area contributed by atoms with Crippen molar-refractivity contribution in [3.8, 4) is 11.3 Å². The Bertz CT molecular complexity index is 867. The van der Waals surface area contributed by atoms with Crippen LogP contribution in [0, 0.1) is 0 Å². The van der Waals surface area contributed by atoms with Crippen molar-refractivity contribution < 1.29 is 23.2 Å². The molecule has 0 radical (unpaired) electrons. The standard InChI is InChI=1S/C16H11F3N2O2/c17-16(18,19)10-6-4-9(5-7-10)14-8-12-11(15(22)21-23)2-1-3-13(12)20-14/h1-8,20,23H,(H,21,22). The summed E-state index contributed by atoms with van der Waals surface area (Å²) < 4.78 is 37.8. The average molecular weight is 320 g/mol. The molecule has 7 heteroatoms. The van der Waals surface area contributed by atoms with Crippen LogP contribution in [0.4, 0.5) is 13.2 Å². The highest BCUT2D eigenvalue weighted by atomic mass is 19.4. The number of rotatable bonds is 2. The number of H-pyrrole nitrogens is 1. The van der Waals surface area contributed by atoms with Gasteiger partial charge in [-0.2, -0.15) is 13.2 Å². The molecule has 0 atom stereocenters. The Hall–Kier alpha value is -2.80. The van der Waals surface area contributed by atoms with E-state index in [9.17, 15) is 18.0 Å². The molecule has 0 saturated heterocycles. The van der Waals surface area contributed by atoms with Gasteiger partial charge in [0.05, 0.1) is 11.1 Å². The van der Waals surface area contributed by atoms with Gasteiger partial charge in [0, 0.05) is 16.6 Å². The first-order chi connectivity index (χ1) is 10.9. The monoisotopic (exact) mass is 320 g/mol. The highest BCUT2D eigenvalue weighted by Crippen LogP contribution is 2.32. The first-order valence-electron chi connectivity index (χ1n) is 6.64. The third kappa shape index (κ3) is 2.78. The molecule has 0 aliphatic carbocycles. The van der Waals surface area contributed by atoms with Gasteiger partial charge in [-0.1, -0.05) is 18.2 Å². The van der Waals surface area contributed by atoms with Crippen molar-refractivity contribution in [2.75, 3.05) is 0 Å². The highest BCUT2D eigenvalue weighted by molar-refractivity contribution is 6.07. The summed E-state index contributed by atoms with van der Waals surface area (Å²) in [5, 5.41) is 9.33. The number of carbonyl (C=O) groups is 1. The Balaban J connectivity index is 2.06. The third-order valence-corrected chi connectivity index (χ3v) is 3.53. The Morgan fingerprint density at radius 3 is 2.39 bits per heavy atom. The van der Waals surface area contributed by atoms with Gasteiger partial charge in [0.2, 0.25) is 0 Å². The summed E-state index contributed by atoms with van der Waals surface area (Å²) in [5.41, 5.74) is 2.88. The van der Waals surface area contributed by atoms with Gasteiger partial charge >= 0.3 is 6.18 Å². The zero-order chi connectivity index (χ0) is 16.6. The van der Waals surface area contributed by atoms with Crippen LogP contribution in [0.1, 0.15) is 15.9 Å². The maximum Gasteiger partial charge on any atom is 0.416 e. The highest BCUT2D eigenvalue weighted by Gasteiger charge is 2.30. The number of hydrogen-bond acceptors (Lipinski definition) is 2. The summed E-state index contributed by atoms with van der Waals surface area (Å²) in [5.74, 6) is -0.659. The van der Waals surface area contributed by atoms with Crippen LogP contribution in [0.2, 0.25) is 0 Å². The average Bonchev–Trinajstić information content (AvgIpc) is 2.97. The molecule has 0 spiro atoms. The largest absolute Gasteiger partial charge is 0.416 e. The smallest absolute Gasteiger partial charge is 0.355 e. The van der Waals surface area contributed by atoms with Gasteiger partial charge < -0.3 is 4.98 Å². The molecule has 0 fully saturated rings. The van der Waals surface area contributed by atoms with Crippen LogP contribution in [0.3, 0.4) is 0 Å². The summed E-state index contributed by atoms with van der Waals surface area (Å²) in [6, 6.07) is 11.3. The lowest BCUT2D eigenvalue weighted by Gasteiger charge is -2.06. The third-order valence-electron chi connectivity index (χ3n) is 3.53.